The zero-order valence-corrected chi connectivity index (χ0v) is 12.1. The molecule has 1 unspecified atom stereocenters. The maximum absolute atomic E-state index is 12.4. The topological polar surface area (TPSA) is 24.5 Å². The second kappa shape index (κ2) is 7.13. The van der Waals surface area contributed by atoms with E-state index in [-0.39, 0.29) is 5.75 Å². The number of piperidine rings is 1. The molecule has 1 saturated heterocycles. The number of hydrogen-bond acceptors (Lipinski definition) is 3. The molecule has 1 aromatic rings. The molecule has 0 amide bonds. The summed E-state index contributed by atoms with van der Waals surface area (Å²) in [5.41, 5.74) is 0.557. The number of benzene rings is 1. The van der Waals surface area contributed by atoms with Crippen LogP contribution in [0.4, 0.5) is 13.2 Å². The molecule has 1 fully saturated rings. The Bertz CT molecular complexity index is 445. The fraction of sp³-hybridized carbons (Fsp3) is 0.600. The molecular formula is C15H21F3N2O. The van der Waals surface area contributed by atoms with Crippen LogP contribution in [-0.2, 0) is 6.54 Å². The molecule has 0 saturated carbocycles. The average molecular weight is 302 g/mol. The molecule has 1 aromatic carbocycles. The van der Waals surface area contributed by atoms with Crippen molar-refractivity contribution >= 4 is 0 Å². The first-order valence-electron chi connectivity index (χ1n) is 7.17. The number of ether oxygens (including phenoxy) is 1. The normalized spacial score (nSPS) is 19.8. The van der Waals surface area contributed by atoms with Gasteiger partial charge >= 0.3 is 6.36 Å². The van der Waals surface area contributed by atoms with Gasteiger partial charge in [-0.05, 0) is 45.0 Å². The van der Waals surface area contributed by atoms with Crippen LogP contribution < -0.4 is 10.1 Å². The van der Waals surface area contributed by atoms with Gasteiger partial charge in [-0.15, -0.1) is 13.2 Å². The van der Waals surface area contributed by atoms with Crippen molar-refractivity contribution < 1.29 is 17.9 Å². The summed E-state index contributed by atoms with van der Waals surface area (Å²) in [5.74, 6) is 0.443. The molecule has 2 rings (SSSR count). The standard InChI is InChI=1S/C15H21F3N2O/c1-20(10-12-5-4-8-19-9-12)11-13-6-2-3-7-14(13)21-15(16,17)18/h2-3,6-7,12,19H,4-5,8-11H2,1H3. The van der Waals surface area contributed by atoms with E-state index < -0.39 is 6.36 Å². The number of rotatable bonds is 5. The Morgan fingerprint density at radius 3 is 2.76 bits per heavy atom. The molecule has 0 radical (unpaired) electrons. The summed E-state index contributed by atoms with van der Waals surface area (Å²) in [7, 11) is 1.93. The summed E-state index contributed by atoms with van der Waals surface area (Å²) < 4.78 is 41.2. The second-order valence-corrected chi connectivity index (χ2v) is 5.56. The van der Waals surface area contributed by atoms with Crippen LogP contribution in [-0.4, -0.2) is 37.9 Å². The molecule has 6 heteroatoms. The average Bonchev–Trinajstić information content (AvgIpc) is 2.40. The molecule has 118 valence electrons. The minimum atomic E-state index is -4.65. The van der Waals surface area contributed by atoms with Gasteiger partial charge in [0.05, 0.1) is 0 Å². The minimum absolute atomic E-state index is 0.112. The predicted octanol–water partition coefficient (Wildman–Crippen LogP) is 3.02. The van der Waals surface area contributed by atoms with E-state index >= 15 is 0 Å². The molecule has 1 N–H and O–H groups in total. The Morgan fingerprint density at radius 1 is 1.33 bits per heavy atom. The molecule has 1 atom stereocenters. The minimum Gasteiger partial charge on any atom is -0.405 e. The Morgan fingerprint density at radius 2 is 2.10 bits per heavy atom. The maximum atomic E-state index is 12.4. The number of halogens is 3. The van der Waals surface area contributed by atoms with Gasteiger partial charge in [0.1, 0.15) is 5.75 Å². The zero-order valence-electron chi connectivity index (χ0n) is 12.1. The zero-order chi connectivity index (χ0) is 15.3. The monoisotopic (exact) mass is 302 g/mol. The van der Waals surface area contributed by atoms with Crippen LogP contribution in [0.1, 0.15) is 18.4 Å². The van der Waals surface area contributed by atoms with Gasteiger partial charge in [0.15, 0.2) is 0 Å². The van der Waals surface area contributed by atoms with Crippen molar-refractivity contribution in [2.45, 2.75) is 25.7 Å². The van der Waals surface area contributed by atoms with Crippen LogP contribution in [0.3, 0.4) is 0 Å². The van der Waals surface area contributed by atoms with Crippen LogP contribution in [0.25, 0.3) is 0 Å². The Labute approximate surface area is 123 Å². The lowest BCUT2D eigenvalue weighted by molar-refractivity contribution is -0.275. The quantitative estimate of drug-likeness (QED) is 0.905. The molecule has 0 bridgehead atoms. The van der Waals surface area contributed by atoms with Gasteiger partial charge in [0.2, 0.25) is 0 Å². The van der Waals surface area contributed by atoms with Gasteiger partial charge in [0, 0.05) is 18.7 Å². The third kappa shape index (κ3) is 5.55. The molecule has 0 spiro atoms. The van der Waals surface area contributed by atoms with E-state index in [0.717, 1.165) is 32.5 Å². The Kier molecular flexibility index (Phi) is 5.47. The van der Waals surface area contributed by atoms with Gasteiger partial charge in [-0.3, -0.25) is 0 Å². The van der Waals surface area contributed by atoms with E-state index in [1.165, 1.54) is 6.07 Å². The molecular weight excluding hydrogens is 281 g/mol. The molecule has 1 heterocycles. The fourth-order valence-electron chi connectivity index (χ4n) is 2.73. The van der Waals surface area contributed by atoms with Crippen molar-refractivity contribution in [1.82, 2.24) is 10.2 Å². The largest absolute Gasteiger partial charge is 0.573 e. The number of para-hydroxylation sites is 1. The van der Waals surface area contributed by atoms with E-state index in [1.807, 2.05) is 7.05 Å². The molecule has 0 aliphatic carbocycles. The molecule has 3 nitrogen and oxygen atoms in total. The van der Waals surface area contributed by atoms with E-state index in [4.69, 9.17) is 0 Å². The maximum Gasteiger partial charge on any atom is 0.573 e. The lowest BCUT2D eigenvalue weighted by atomic mass is 9.99. The SMILES string of the molecule is CN(Cc1ccccc1OC(F)(F)F)CC1CCCNC1. The van der Waals surface area contributed by atoms with Gasteiger partial charge in [-0.25, -0.2) is 0 Å². The van der Waals surface area contributed by atoms with Crippen LogP contribution in [0.5, 0.6) is 5.75 Å². The lowest BCUT2D eigenvalue weighted by Crippen LogP contribution is -2.36. The molecule has 1 aliphatic rings. The third-order valence-electron chi connectivity index (χ3n) is 3.61. The van der Waals surface area contributed by atoms with Crippen LogP contribution in [0.2, 0.25) is 0 Å². The summed E-state index contributed by atoms with van der Waals surface area (Å²) >= 11 is 0. The van der Waals surface area contributed by atoms with Crippen molar-refractivity contribution in [3.8, 4) is 5.75 Å². The Hall–Kier alpha value is -1.27. The Balaban J connectivity index is 1.94. The first-order valence-corrected chi connectivity index (χ1v) is 7.17. The highest BCUT2D eigenvalue weighted by atomic mass is 19.4. The first kappa shape index (κ1) is 16.1. The second-order valence-electron chi connectivity index (χ2n) is 5.56. The smallest absolute Gasteiger partial charge is 0.405 e. The lowest BCUT2D eigenvalue weighted by Gasteiger charge is -2.28. The van der Waals surface area contributed by atoms with Crippen LogP contribution in [0.15, 0.2) is 24.3 Å². The molecule has 1 aliphatic heterocycles. The number of nitrogens with one attached hydrogen (secondary N) is 1. The third-order valence-corrected chi connectivity index (χ3v) is 3.61. The summed E-state index contributed by atoms with van der Waals surface area (Å²) in [6.07, 6.45) is -2.33. The van der Waals surface area contributed by atoms with Crippen molar-refractivity contribution in [2.24, 2.45) is 5.92 Å². The van der Waals surface area contributed by atoms with E-state index in [1.54, 1.807) is 18.2 Å². The number of hydrogen-bond donors (Lipinski definition) is 1. The van der Waals surface area contributed by atoms with E-state index in [0.29, 0.717) is 18.0 Å². The van der Waals surface area contributed by atoms with E-state index in [2.05, 4.69) is 15.0 Å². The van der Waals surface area contributed by atoms with E-state index in [9.17, 15) is 13.2 Å². The number of nitrogens with zero attached hydrogens (tertiary/aromatic N) is 1. The predicted molar refractivity (Wildman–Crippen MR) is 75.1 cm³/mol. The summed E-state index contributed by atoms with van der Waals surface area (Å²) in [4.78, 5) is 2.05. The number of alkyl halides is 3. The van der Waals surface area contributed by atoms with Gasteiger partial charge in [0.25, 0.3) is 0 Å². The van der Waals surface area contributed by atoms with Crippen molar-refractivity contribution in [1.29, 1.82) is 0 Å². The van der Waals surface area contributed by atoms with Crippen molar-refractivity contribution in [3.63, 3.8) is 0 Å². The fourth-order valence-corrected chi connectivity index (χ4v) is 2.73. The van der Waals surface area contributed by atoms with Gasteiger partial charge in [-0.1, -0.05) is 18.2 Å². The van der Waals surface area contributed by atoms with Crippen LogP contribution >= 0.6 is 0 Å². The molecule has 0 aromatic heterocycles. The summed E-state index contributed by atoms with van der Waals surface area (Å²) in [5, 5.41) is 3.35. The highest BCUT2D eigenvalue weighted by Gasteiger charge is 2.32. The summed E-state index contributed by atoms with van der Waals surface area (Å²) in [6.45, 7) is 3.35. The highest BCUT2D eigenvalue weighted by Crippen LogP contribution is 2.27. The van der Waals surface area contributed by atoms with Crippen molar-refractivity contribution in [3.05, 3.63) is 29.8 Å². The highest BCUT2D eigenvalue weighted by molar-refractivity contribution is 5.33. The molecule has 21 heavy (non-hydrogen) atoms. The van der Waals surface area contributed by atoms with Gasteiger partial charge < -0.3 is 15.0 Å². The first-order chi connectivity index (χ1) is 9.94. The van der Waals surface area contributed by atoms with Crippen molar-refractivity contribution in [2.75, 3.05) is 26.7 Å². The summed E-state index contributed by atoms with van der Waals surface area (Å²) in [6, 6.07) is 6.32. The van der Waals surface area contributed by atoms with Crippen LogP contribution in [0, 0.1) is 5.92 Å². The van der Waals surface area contributed by atoms with Gasteiger partial charge in [-0.2, -0.15) is 0 Å².